The van der Waals surface area contributed by atoms with Crippen molar-refractivity contribution in [2.45, 2.75) is 76.7 Å². The Morgan fingerprint density at radius 1 is 1.14 bits per heavy atom. The van der Waals surface area contributed by atoms with Crippen LogP contribution in [0.15, 0.2) is 35.7 Å². The van der Waals surface area contributed by atoms with E-state index in [1.807, 2.05) is 29.2 Å². The molecule has 0 bridgehead atoms. The molecule has 0 saturated heterocycles. The lowest BCUT2D eigenvalue weighted by Gasteiger charge is -2.46. The monoisotopic (exact) mass is 398 g/mol. The van der Waals surface area contributed by atoms with Crippen LogP contribution in [0.3, 0.4) is 0 Å². The second kappa shape index (κ2) is 8.29. The van der Waals surface area contributed by atoms with Crippen LogP contribution >= 0.6 is 0 Å². The molecule has 0 amide bonds. The van der Waals surface area contributed by atoms with E-state index in [1.54, 1.807) is 0 Å². The number of esters is 1. The minimum Gasteiger partial charge on any atom is -0.510 e. The predicted molar refractivity (Wildman–Crippen MR) is 116 cm³/mol. The third kappa shape index (κ3) is 3.72. The SMILES string of the molecule is CCCN(C1=C(O)CC(C2CCCC2)(C2CCCC2)OC1=O)c1cccc(N)c1. The van der Waals surface area contributed by atoms with Gasteiger partial charge in [-0.15, -0.1) is 0 Å². The Kier molecular flexibility index (Phi) is 5.75. The van der Waals surface area contributed by atoms with E-state index in [1.165, 1.54) is 25.7 Å². The summed E-state index contributed by atoms with van der Waals surface area (Å²) < 4.78 is 6.37. The van der Waals surface area contributed by atoms with Crippen molar-refractivity contribution < 1.29 is 14.6 Å². The molecule has 1 aliphatic heterocycles. The molecule has 1 aromatic carbocycles. The fraction of sp³-hybridized carbons (Fsp3) is 0.625. The number of hydrogen-bond acceptors (Lipinski definition) is 5. The Morgan fingerprint density at radius 3 is 2.28 bits per heavy atom. The Hall–Kier alpha value is -2.17. The van der Waals surface area contributed by atoms with Crippen LogP contribution in [-0.4, -0.2) is 23.2 Å². The number of carbonyl (C=O) groups excluding carboxylic acids is 1. The number of ether oxygens (including phenoxy) is 1. The van der Waals surface area contributed by atoms with Gasteiger partial charge in [0.15, 0.2) is 5.70 Å². The zero-order valence-electron chi connectivity index (χ0n) is 17.5. The maximum Gasteiger partial charge on any atom is 0.359 e. The number of nitrogens with zero attached hydrogens (tertiary/aromatic N) is 1. The van der Waals surface area contributed by atoms with Crippen LogP contribution in [-0.2, 0) is 9.53 Å². The Balaban J connectivity index is 1.72. The molecule has 0 aromatic heterocycles. The van der Waals surface area contributed by atoms with Gasteiger partial charge in [0, 0.05) is 24.3 Å². The summed E-state index contributed by atoms with van der Waals surface area (Å²) in [5, 5.41) is 11.2. The molecule has 3 N–H and O–H groups in total. The molecule has 0 radical (unpaired) electrons. The summed E-state index contributed by atoms with van der Waals surface area (Å²) in [5.74, 6) is 0.551. The molecular weight excluding hydrogens is 364 g/mol. The average molecular weight is 399 g/mol. The van der Waals surface area contributed by atoms with Crippen molar-refractivity contribution in [1.29, 1.82) is 0 Å². The minimum absolute atomic E-state index is 0.191. The third-order valence-electron chi connectivity index (χ3n) is 7.18. The number of nitrogen functional groups attached to an aromatic ring is 1. The molecule has 5 heteroatoms. The van der Waals surface area contributed by atoms with E-state index in [-0.39, 0.29) is 11.7 Å². The highest BCUT2D eigenvalue weighted by atomic mass is 16.6. The van der Waals surface area contributed by atoms with Gasteiger partial charge in [-0.1, -0.05) is 38.7 Å². The van der Waals surface area contributed by atoms with Crippen molar-refractivity contribution in [2.24, 2.45) is 11.8 Å². The Labute approximate surface area is 173 Å². The number of benzene rings is 1. The lowest BCUT2D eigenvalue weighted by atomic mass is 9.71. The fourth-order valence-electron chi connectivity index (χ4n) is 5.89. The van der Waals surface area contributed by atoms with Crippen molar-refractivity contribution in [3.8, 4) is 0 Å². The molecular formula is C24H34N2O3. The highest BCUT2D eigenvalue weighted by Crippen LogP contribution is 2.52. The van der Waals surface area contributed by atoms with Crippen LogP contribution in [0, 0.1) is 11.8 Å². The van der Waals surface area contributed by atoms with Crippen molar-refractivity contribution in [3.63, 3.8) is 0 Å². The maximum absolute atomic E-state index is 13.4. The number of hydrogen-bond donors (Lipinski definition) is 2. The molecule has 2 saturated carbocycles. The molecule has 1 aromatic rings. The zero-order chi connectivity index (χ0) is 20.4. The number of rotatable bonds is 6. The lowest BCUT2D eigenvalue weighted by molar-refractivity contribution is -0.176. The fourth-order valence-corrected chi connectivity index (χ4v) is 5.89. The van der Waals surface area contributed by atoms with Gasteiger partial charge in [-0.25, -0.2) is 4.79 Å². The second-order valence-electron chi connectivity index (χ2n) is 9.03. The topological polar surface area (TPSA) is 75.8 Å². The average Bonchev–Trinajstić information content (AvgIpc) is 3.41. The number of aliphatic hydroxyl groups excluding tert-OH is 1. The van der Waals surface area contributed by atoms with Crippen LogP contribution < -0.4 is 10.6 Å². The summed E-state index contributed by atoms with van der Waals surface area (Å²) in [5.41, 5.74) is 7.21. The van der Waals surface area contributed by atoms with Crippen molar-refractivity contribution in [3.05, 3.63) is 35.7 Å². The van der Waals surface area contributed by atoms with Gasteiger partial charge in [0.05, 0.1) is 0 Å². The van der Waals surface area contributed by atoms with Crippen LogP contribution in [0.25, 0.3) is 0 Å². The highest BCUT2D eigenvalue weighted by Gasteiger charge is 2.54. The van der Waals surface area contributed by atoms with E-state index in [0.29, 0.717) is 36.2 Å². The highest BCUT2D eigenvalue weighted by molar-refractivity contribution is 5.94. The van der Waals surface area contributed by atoms with E-state index in [0.717, 1.165) is 37.8 Å². The van der Waals surface area contributed by atoms with Crippen LogP contribution in [0.5, 0.6) is 0 Å². The van der Waals surface area contributed by atoms with Gasteiger partial charge in [0.2, 0.25) is 0 Å². The molecule has 1 heterocycles. The standard InChI is InChI=1S/C24H34N2O3/c1-2-14-26(20-13-7-12-19(25)15-20)22-21(27)16-24(29-23(22)28,17-8-3-4-9-17)18-10-5-6-11-18/h7,12-13,15,17-18,27H,2-6,8-11,14,16,25H2,1H3. The Bertz CT molecular complexity index is 760. The molecule has 158 valence electrons. The summed E-state index contributed by atoms with van der Waals surface area (Å²) in [6, 6.07) is 7.47. The molecule has 2 fully saturated rings. The number of anilines is 2. The summed E-state index contributed by atoms with van der Waals surface area (Å²) in [6.45, 7) is 2.68. The first-order valence-corrected chi connectivity index (χ1v) is 11.3. The van der Waals surface area contributed by atoms with E-state index >= 15 is 0 Å². The number of aliphatic hydroxyl groups is 1. The van der Waals surface area contributed by atoms with E-state index in [2.05, 4.69) is 6.92 Å². The summed E-state index contributed by atoms with van der Waals surface area (Å²) in [4.78, 5) is 15.3. The minimum atomic E-state index is -0.523. The molecule has 5 nitrogen and oxygen atoms in total. The van der Waals surface area contributed by atoms with Crippen molar-refractivity contribution in [2.75, 3.05) is 17.2 Å². The number of carbonyl (C=O) groups is 1. The largest absolute Gasteiger partial charge is 0.510 e. The van der Waals surface area contributed by atoms with Crippen LogP contribution in [0.4, 0.5) is 11.4 Å². The van der Waals surface area contributed by atoms with E-state index in [4.69, 9.17) is 10.5 Å². The first-order valence-electron chi connectivity index (χ1n) is 11.3. The first-order chi connectivity index (χ1) is 14.0. The molecule has 4 rings (SSSR count). The molecule has 3 aliphatic rings. The smallest absolute Gasteiger partial charge is 0.359 e. The van der Waals surface area contributed by atoms with Gasteiger partial charge in [-0.3, -0.25) is 0 Å². The summed E-state index contributed by atoms with van der Waals surface area (Å²) in [6.07, 6.45) is 10.5. The lowest BCUT2D eigenvalue weighted by Crippen LogP contribution is -2.52. The zero-order valence-corrected chi connectivity index (χ0v) is 17.5. The number of cyclic esters (lactones) is 1. The second-order valence-corrected chi connectivity index (χ2v) is 9.03. The van der Waals surface area contributed by atoms with E-state index < -0.39 is 5.60 Å². The predicted octanol–water partition coefficient (Wildman–Crippen LogP) is 5.32. The number of nitrogens with two attached hydrogens (primary N) is 1. The summed E-state index contributed by atoms with van der Waals surface area (Å²) >= 11 is 0. The molecule has 0 unspecified atom stereocenters. The quantitative estimate of drug-likeness (QED) is 0.501. The molecule has 2 aliphatic carbocycles. The van der Waals surface area contributed by atoms with Crippen LogP contribution in [0.1, 0.15) is 71.1 Å². The van der Waals surface area contributed by atoms with Crippen molar-refractivity contribution >= 4 is 17.3 Å². The molecule has 29 heavy (non-hydrogen) atoms. The van der Waals surface area contributed by atoms with Crippen LogP contribution in [0.2, 0.25) is 0 Å². The third-order valence-corrected chi connectivity index (χ3v) is 7.18. The maximum atomic E-state index is 13.4. The van der Waals surface area contributed by atoms with Gasteiger partial charge >= 0.3 is 5.97 Å². The first kappa shape index (κ1) is 20.1. The van der Waals surface area contributed by atoms with Gasteiger partial charge in [-0.05, 0) is 62.1 Å². The Morgan fingerprint density at radius 2 is 1.76 bits per heavy atom. The van der Waals surface area contributed by atoms with Gasteiger partial charge in [0.1, 0.15) is 11.4 Å². The molecule has 0 atom stereocenters. The normalized spacial score (nSPS) is 22.9. The van der Waals surface area contributed by atoms with E-state index in [9.17, 15) is 9.90 Å². The van der Waals surface area contributed by atoms with Gasteiger partial charge in [-0.2, -0.15) is 0 Å². The summed E-state index contributed by atoms with van der Waals surface area (Å²) in [7, 11) is 0. The van der Waals surface area contributed by atoms with Gasteiger partial charge in [0.25, 0.3) is 0 Å². The van der Waals surface area contributed by atoms with Crippen molar-refractivity contribution in [1.82, 2.24) is 0 Å². The molecule has 0 spiro atoms. The van der Waals surface area contributed by atoms with Gasteiger partial charge < -0.3 is 20.5 Å².